The molecule has 4 unspecified atom stereocenters. The van der Waals surface area contributed by atoms with Gasteiger partial charge in [0.05, 0.1) is 12.6 Å². The van der Waals surface area contributed by atoms with Gasteiger partial charge in [0.2, 0.25) is 17.7 Å². The maximum atomic E-state index is 12.9. The number of phenols is 1. The van der Waals surface area contributed by atoms with E-state index in [0.29, 0.717) is 18.4 Å². The molecule has 0 aliphatic carbocycles. The first kappa shape index (κ1) is 24.1. The van der Waals surface area contributed by atoms with Gasteiger partial charge in [-0.2, -0.15) is 0 Å². The first-order chi connectivity index (χ1) is 14.6. The minimum absolute atomic E-state index is 0.00905. The number of phenolic OH excluding ortho intramolecular Hbond substituents is 1. The number of nitrogens with one attached hydrogen (secondary N) is 2. The van der Waals surface area contributed by atoms with Crippen LogP contribution in [0, 0.1) is 0 Å². The van der Waals surface area contributed by atoms with Crippen LogP contribution in [0.15, 0.2) is 24.3 Å². The maximum Gasteiger partial charge on any atom is 0.326 e. The van der Waals surface area contributed by atoms with E-state index < -0.39 is 47.9 Å². The Morgan fingerprint density at radius 1 is 1.19 bits per heavy atom. The van der Waals surface area contributed by atoms with E-state index in [4.69, 9.17) is 5.73 Å². The Balaban J connectivity index is 2.10. The lowest BCUT2D eigenvalue weighted by Gasteiger charge is -2.30. The van der Waals surface area contributed by atoms with Gasteiger partial charge in [0.1, 0.15) is 23.9 Å². The minimum Gasteiger partial charge on any atom is -0.508 e. The monoisotopic (exact) mass is 436 g/mol. The number of nitrogens with zero attached hydrogens (tertiary/aromatic N) is 1. The van der Waals surface area contributed by atoms with Crippen LogP contribution < -0.4 is 16.4 Å². The second-order valence-electron chi connectivity index (χ2n) is 7.45. The molecule has 0 saturated carbocycles. The standard InChI is InChI=1S/C20H28N4O7/c1-11(25)17(23-16(27)10-21)19(29)24-8-2-3-15(24)18(28)22-14(20(30)31)9-12-4-6-13(26)7-5-12/h4-7,11,14-15,17,25-26H,2-3,8-10,21H2,1H3,(H,22,28)(H,23,27)(H,30,31). The molecule has 31 heavy (non-hydrogen) atoms. The molecule has 0 bridgehead atoms. The van der Waals surface area contributed by atoms with Crippen LogP contribution in [-0.2, 0) is 25.6 Å². The number of benzene rings is 1. The third-order valence-corrected chi connectivity index (χ3v) is 5.08. The summed E-state index contributed by atoms with van der Waals surface area (Å²) in [5.74, 6) is -3.10. The molecule has 1 saturated heterocycles. The number of rotatable bonds is 9. The summed E-state index contributed by atoms with van der Waals surface area (Å²) < 4.78 is 0. The predicted octanol–water partition coefficient (Wildman–Crippen LogP) is -1.68. The molecule has 1 fully saturated rings. The summed E-state index contributed by atoms with van der Waals surface area (Å²) in [6, 6.07) is 2.51. The lowest BCUT2D eigenvalue weighted by Crippen LogP contribution is -2.58. The lowest BCUT2D eigenvalue weighted by atomic mass is 10.0. The molecule has 4 atom stereocenters. The molecule has 2 rings (SSSR count). The van der Waals surface area contributed by atoms with E-state index in [-0.39, 0.29) is 25.3 Å². The molecule has 1 aromatic rings. The van der Waals surface area contributed by atoms with Crippen LogP contribution in [0.2, 0.25) is 0 Å². The largest absolute Gasteiger partial charge is 0.508 e. The van der Waals surface area contributed by atoms with Crippen LogP contribution in [0.4, 0.5) is 0 Å². The summed E-state index contributed by atoms with van der Waals surface area (Å²) >= 11 is 0. The number of nitrogens with two attached hydrogens (primary N) is 1. The van der Waals surface area contributed by atoms with Gasteiger partial charge in [-0.1, -0.05) is 12.1 Å². The molecule has 0 radical (unpaired) electrons. The molecule has 170 valence electrons. The number of aromatic hydroxyl groups is 1. The number of amides is 3. The topological polar surface area (TPSA) is 182 Å². The number of hydrogen-bond acceptors (Lipinski definition) is 7. The fraction of sp³-hybridized carbons (Fsp3) is 0.500. The fourth-order valence-corrected chi connectivity index (χ4v) is 3.44. The maximum absolute atomic E-state index is 12.9. The van der Waals surface area contributed by atoms with Crippen molar-refractivity contribution in [3.8, 4) is 5.75 Å². The van der Waals surface area contributed by atoms with Crippen molar-refractivity contribution in [2.75, 3.05) is 13.1 Å². The van der Waals surface area contributed by atoms with Crippen LogP contribution >= 0.6 is 0 Å². The molecule has 0 aromatic heterocycles. The summed E-state index contributed by atoms with van der Waals surface area (Å²) in [5.41, 5.74) is 5.85. The number of carbonyl (C=O) groups is 4. The Hall–Kier alpha value is -3.18. The van der Waals surface area contributed by atoms with Crippen molar-refractivity contribution in [2.45, 2.75) is 50.4 Å². The zero-order chi connectivity index (χ0) is 23.1. The van der Waals surface area contributed by atoms with E-state index in [2.05, 4.69) is 10.6 Å². The zero-order valence-corrected chi connectivity index (χ0v) is 17.2. The van der Waals surface area contributed by atoms with E-state index in [1.165, 1.54) is 24.0 Å². The van der Waals surface area contributed by atoms with Gasteiger partial charge in [-0.15, -0.1) is 0 Å². The molecular formula is C20H28N4O7. The van der Waals surface area contributed by atoms with Crippen LogP contribution in [-0.4, -0.2) is 81.2 Å². The highest BCUT2D eigenvalue weighted by Gasteiger charge is 2.40. The van der Waals surface area contributed by atoms with Gasteiger partial charge >= 0.3 is 5.97 Å². The predicted molar refractivity (Wildman–Crippen MR) is 109 cm³/mol. The van der Waals surface area contributed by atoms with E-state index in [1.54, 1.807) is 12.1 Å². The van der Waals surface area contributed by atoms with E-state index in [1.807, 2.05) is 0 Å². The SMILES string of the molecule is CC(O)C(NC(=O)CN)C(=O)N1CCCC1C(=O)NC(Cc1ccc(O)cc1)C(=O)O. The molecule has 11 heteroatoms. The van der Waals surface area contributed by atoms with E-state index >= 15 is 0 Å². The first-order valence-electron chi connectivity index (χ1n) is 9.93. The number of hydrogen-bond donors (Lipinski definition) is 6. The van der Waals surface area contributed by atoms with Gasteiger partial charge in [-0.05, 0) is 37.5 Å². The number of carboxylic acid groups (broad SMARTS) is 1. The summed E-state index contributed by atoms with van der Waals surface area (Å²) in [4.78, 5) is 50.2. The van der Waals surface area contributed by atoms with Crippen molar-refractivity contribution in [1.29, 1.82) is 0 Å². The highest BCUT2D eigenvalue weighted by Crippen LogP contribution is 2.20. The average molecular weight is 436 g/mol. The third-order valence-electron chi connectivity index (χ3n) is 5.08. The second kappa shape index (κ2) is 10.7. The van der Waals surface area contributed by atoms with Crippen LogP contribution in [0.25, 0.3) is 0 Å². The van der Waals surface area contributed by atoms with E-state index in [9.17, 15) is 34.5 Å². The summed E-state index contributed by atoms with van der Waals surface area (Å²) in [6.45, 7) is 1.20. The molecule has 0 spiro atoms. The van der Waals surface area contributed by atoms with Crippen LogP contribution in [0.1, 0.15) is 25.3 Å². The highest BCUT2D eigenvalue weighted by atomic mass is 16.4. The van der Waals surface area contributed by atoms with Crippen molar-refractivity contribution in [1.82, 2.24) is 15.5 Å². The number of aliphatic hydroxyl groups excluding tert-OH is 1. The average Bonchev–Trinajstić information content (AvgIpc) is 3.22. The molecule has 1 aliphatic rings. The summed E-state index contributed by atoms with van der Waals surface area (Å²) in [6.07, 6.45) is -0.393. The van der Waals surface area contributed by atoms with Crippen LogP contribution in [0.3, 0.4) is 0 Å². The van der Waals surface area contributed by atoms with Gasteiger partial charge in [0.25, 0.3) is 0 Å². The minimum atomic E-state index is -1.27. The van der Waals surface area contributed by atoms with Crippen molar-refractivity contribution in [3.05, 3.63) is 29.8 Å². The number of aliphatic hydroxyl groups is 1. The lowest BCUT2D eigenvalue weighted by molar-refractivity contribution is -0.145. The molecule has 3 amide bonds. The Kier molecular flexibility index (Phi) is 8.34. The summed E-state index contributed by atoms with van der Waals surface area (Å²) in [7, 11) is 0. The number of carboxylic acids is 1. The Morgan fingerprint density at radius 3 is 2.39 bits per heavy atom. The van der Waals surface area contributed by atoms with Crippen molar-refractivity contribution < 1.29 is 34.5 Å². The Labute approximate surface area is 179 Å². The fourth-order valence-electron chi connectivity index (χ4n) is 3.44. The zero-order valence-electron chi connectivity index (χ0n) is 17.2. The van der Waals surface area contributed by atoms with Crippen LogP contribution in [0.5, 0.6) is 5.75 Å². The smallest absolute Gasteiger partial charge is 0.326 e. The summed E-state index contributed by atoms with van der Waals surface area (Å²) in [5, 5.41) is 33.6. The molecule has 7 N–H and O–H groups in total. The van der Waals surface area contributed by atoms with E-state index in [0.717, 1.165) is 0 Å². The van der Waals surface area contributed by atoms with Crippen molar-refractivity contribution in [2.24, 2.45) is 5.73 Å². The van der Waals surface area contributed by atoms with Gasteiger partial charge in [-0.25, -0.2) is 4.79 Å². The normalized spacial score (nSPS) is 18.7. The van der Waals surface area contributed by atoms with Gasteiger partial charge < -0.3 is 36.6 Å². The number of carbonyl (C=O) groups excluding carboxylic acids is 3. The van der Waals surface area contributed by atoms with Gasteiger partial charge in [0, 0.05) is 13.0 Å². The molecule has 1 aliphatic heterocycles. The highest BCUT2D eigenvalue weighted by molar-refractivity contribution is 5.94. The third kappa shape index (κ3) is 6.40. The van der Waals surface area contributed by atoms with Crippen molar-refractivity contribution >= 4 is 23.7 Å². The first-order valence-corrected chi connectivity index (χ1v) is 9.93. The Bertz CT molecular complexity index is 812. The quantitative estimate of drug-likeness (QED) is 0.265. The molecular weight excluding hydrogens is 408 g/mol. The Morgan fingerprint density at radius 2 is 1.84 bits per heavy atom. The number of aliphatic carboxylic acids is 1. The second-order valence-corrected chi connectivity index (χ2v) is 7.45. The molecule has 1 aromatic carbocycles. The van der Waals surface area contributed by atoms with Crippen molar-refractivity contribution in [3.63, 3.8) is 0 Å². The van der Waals surface area contributed by atoms with Gasteiger partial charge in [-0.3, -0.25) is 14.4 Å². The molecule has 1 heterocycles. The molecule has 11 nitrogen and oxygen atoms in total. The van der Waals surface area contributed by atoms with Gasteiger partial charge in [0.15, 0.2) is 0 Å². The number of likely N-dealkylation sites (tertiary alicyclic amines) is 1.